The number of amides is 1. The van der Waals surface area contributed by atoms with E-state index in [0.717, 1.165) is 44.6 Å². The average molecular weight is 380 g/mol. The van der Waals surface area contributed by atoms with Gasteiger partial charge in [-0.2, -0.15) is 4.98 Å². The molecule has 0 saturated carbocycles. The molecule has 1 aromatic carbocycles. The van der Waals surface area contributed by atoms with E-state index in [9.17, 15) is 9.18 Å². The number of halogens is 1. The van der Waals surface area contributed by atoms with Gasteiger partial charge in [0.2, 0.25) is 5.82 Å². The minimum atomic E-state index is -0.217. The lowest BCUT2D eigenvalue weighted by molar-refractivity contribution is 0.0572. The van der Waals surface area contributed by atoms with Gasteiger partial charge in [-0.3, -0.25) is 9.69 Å². The quantitative estimate of drug-likeness (QED) is 0.695. The van der Waals surface area contributed by atoms with E-state index < -0.39 is 0 Å². The molecule has 0 spiro atoms. The molecule has 3 aliphatic rings. The van der Waals surface area contributed by atoms with Crippen LogP contribution in [0.1, 0.15) is 29.0 Å². The zero-order valence-corrected chi connectivity index (χ0v) is 15.4. The van der Waals surface area contributed by atoms with Gasteiger partial charge in [0.25, 0.3) is 11.7 Å². The van der Waals surface area contributed by atoms with E-state index in [-0.39, 0.29) is 23.6 Å². The third-order valence-electron chi connectivity index (χ3n) is 5.68. The topological polar surface area (TPSA) is 66.6 Å². The highest BCUT2D eigenvalue weighted by Gasteiger charge is 2.38. The van der Waals surface area contributed by atoms with Crippen LogP contribution >= 0.6 is 0 Å². The number of aromatic nitrogens is 4. The van der Waals surface area contributed by atoms with Crippen molar-refractivity contribution in [2.75, 3.05) is 19.6 Å². The smallest absolute Gasteiger partial charge is 0.293 e. The fourth-order valence-electron chi connectivity index (χ4n) is 4.36. The van der Waals surface area contributed by atoms with Crippen LogP contribution in [-0.4, -0.2) is 61.0 Å². The van der Waals surface area contributed by atoms with Gasteiger partial charge in [0.15, 0.2) is 0 Å². The molecule has 0 unspecified atom stereocenters. The Morgan fingerprint density at radius 3 is 2.82 bits per heavy atom. The van der Waals surface area contributed by atoms with Crippen LogP contribution in [0.25, 0.3) is 5.78 Å². The monoisotopic (exact) mass is 380 g/mol. The van der Waals surface area contributed by atoms with E-state index >= 15 is 0 Å². The molecule has 0 N–H and O–H groups in total. The highest BCUT2D eigenvalue weighted by atomic mass is 19.1. The maximum Gasteiger partial charge on any atom is 0.293 e. The van der Waals surface area contributed by atoms with Crippen molar-refractivity contribution in [3.8, 4) is 0 Å². The molecular formula is C20H21FN6O. The highest BCUT2D eigenvalue weighted by Crippen LogP contribution is 2.29. The largest absolute Gasteiger partial charge is 0.331 e. The number of carbonyl (C=O) groups excluding carboxylic acids is 1. The molecule has 7 nitrogen and oxygen atoms in total. The summed E-state index contributed by atoms with van der Waals surface area (Å²) in [7, 11) is 0. The predicted molar refractivity (Wildman–Crippen MR) is 100 cm³/mol. The van der Waals surface area contributed by atoms with Crippen molar-refractivity contribution in [3.05, 3.63) is 59.9 Å². The van der Waals surface area contributed by atoms with Crippen LogP contribution in [0.3, 0.4) is 0 Å². The maximum absolute atomic E-state index is 13.2. The second-order valence-corrected chi connectivity index (χ2v) is 7.67. The molecule has 1 amide bonds. The van der Waals surface area contributed by atoms with Crippen LogP contribution in [-0.2, 0) is 6.54 Å². The van der Waals surface area contributed by atoms with E-state index in [1.807, 2.05) is 17.0 Å². The minimum Gasteiger partial charge on any atom is -0.331 e. The van der Waals surface area contributed by atoms with Crippen molar-refractivity contribution in [1.82, 2.24) is 29.4 Å². The first-order valence-electron chi connectivity index (χ1n) is 9.61. The summed E-state index contributed by atoms with van der Waals surface area (Å²) in [5.74, 6) is 0.730. The number of rotatable bonds is 3. The lowest BCUT2D eigenvalue weighted by Crippen LogP contribution is -2.47. The van der Waals surface area contributed by atoms with Crippen molar-refractivity contribution < 1.29 is 9.18 Å². The van der Waals surface area contributed by atoms with E-state index in [1.54, 1.807) is 18.5 Å². The summed E-state index contributed by atoms with van der Waals surface area (Å²) in [4.78, 5) is 25.9. The summed E-state index contributed by atoms with van der Waals surface area (Å²) >= 11 is 0. The van der Waals surface area contributed by atoms with Gasteiger partial charge in [0, 0.05) is 44.6 Å². The number of hydrogen-bond acceptors (Lipinski definition) is 5. The minimum absolute atomic E-state index is 0.121. The van der Waals surface area contributed by atoms with Gasteiger partial charge < -0.3 is 4.90 Å². The first-order valence-corrected chi connectivity index (χ1v) is 9.61. The first kappa shape index (κ1) is 17.2. The Labute approximate surface area is 161 Å². The zero-order chi connectivity index (χ0) is 19.1. The summed E-state index contributed by atoms with van der Waals surface area (Å²) in [6.07, 6.45) is 5.49. The molecule has 0 aliphatic carbocycles. The summed E-state index contributed by atoms with van der Waals surface area (Å²) in [5.41, 5.74) is 1.09. The molecule has 3 aliphatic heterocycles. The Morgan fingerprint density at radius 2 is 2.00 bits per heavy atom. The van der Waals surface area contributed by atoms with Crippen LogP contribution in [0.4, 0.5) is 4.39 Å². The fourth-order valence-corrected chi connectivity index (χ4v) is 4.36. The molecule has 2 atom stereocenters. The van der Waals surface area contributed by atoms with Crippen molar-refractivity contribution in [3.63, 3.8) is 0 Å². The van der Waals surface area contributed by atoms with Gasteiger partial charge in [-0.15, -0.1) is 5.10 Å². The Balaban J connectivity index is 1.34. The molecular weight excluding hydrogens is 359 g/mol. The van der Waals surface area contributed by atoms with Gasteiger partial charge in [-0.05, 0) is 42.5 Å². The molecule has 5 heterocycles. The van der Waals surface area contributed by atoms with Crippen LogP contribution in [0.15, 0.2) is 42.7 Å². The van der Waals surface area contributed by atoms with E-state index in [4.69, 9.17) is 0 Å². The maximum atomic E-state index is 13.2. The van der Waals surface area contributed by atoms with E-state index in [2.05, 4.69) is 20.0 Å². The fraction of sp³-hybridized carbons (Fsp3) is 0.400. The van der Waals surface area contributed by atoms with Gasteiger partial charge in [-0.25, -0.2) is 13.9 Å². The van der Waals surface area contributed by atoms with Gasteiger partial charge in [0.1, 0.15) is 5.82 Å². The molecule has 2 bridgehead atoms. The predicted octanol–water partition coefficient (Wildman–Crippen LogP) is 2.00. The number of benzene rings is 1. The SMILES string of the molecule is O=C(c1nc2ncccn2n1)N1C[C@H]2CC[C@@H]1CN(Cc1ccc(F)cc1)C2. The van der Waals surface area contributed by atoms with E-state index in [1.165, 1.54) is 16.6 Å². The molecule has 3 saturated heterocycles. The Bertz CT molecular complexity index is 970. The molecule has 6 rings (SSSR count). The van der Waals surface area contributed by atoms with Crippen LogP contribution in [0.2, 0.25) is 0 Å². The number of piperidine rings is 1. The second kappa shape index (κ2) is 6.94. The summed E-state index contributed by atoms with van der Waals surface area (Å²) < 4.78 is 14.7. The summed E-state index contributed by atoms with van der Waals surface area (Å²) in [6.45, 7) is 3.25. The van der Waals surface area contributed by atoms with Gasteiger partial charge in [0.05, 0.1) is 0 Å². The van der Waals surface area contributed by atoms with Crippen LogP contribution < -0.4 is 0 Å². The van der Waals surface area contributed by atoms with E-state index in [0.29, 0.717) is 11.7 Å². The van der Waals surface area contributed by atoms with Crippen molar-refractivity contribution in [2.45, 2.75) is 25.4 Å². The Kier molecular flexibility index (Phi) is 4.27. The van der Waals surface area contributed by atoms with Crippen LogP contribution in [0.5, 0.6) is 0 Å². The Morgan fingerprint density at radius 1 is 1.14 bits per heavy atom. The zero-order valence-electron chi connectivity index (χ0n) is 15.4. The molecule has 144 valence electrons. The summed E-state index contributed by atoms with van der Waals surface area (Å²) in [6, 6.07) is 8.57. The number of fused-ring (bicyclic) bond motifs is 5. The molecule has 0 radical (unpaired) electrons. The third kappa shape index (κ3) is 3.24. The highest BCUT2D eigenvalue weighted by molar-refractivity contribution is 5.91. The molecule has 8 heteroatoms. The number of carbonyl (C=O) groups is 1. The normalized spacial score (nSPS) is 22.5. The Hall–Kier alpha value is -2.87. The second-order valence-electron chi connectivity index (χ2n) is 7.67. The lowest BCUT2D eigenvalue weighted by Gasteiger charge is -2.35. The lowest BCUT2D eigenvalue weighted by atomic mass is 9.95. The van der Waals surface area contributed by atoms with Crippen LogP contribution in [0, 0.1) is 11.7 Å². The molecule has 28 heavy (non-hydrogen) atoms. The van der Waals surface area contributed by atoms with Crippen molar-refractivity contribution in [1.29, 1.82) is 0 Å². The van der Waals surface area contributed by atoms with Crippen molar-refractivity contribution >= 4 is 11.7 Å². The molecule has 2 aromatic heterocycles. The standard InChI is InChI=1S/C20H21FN6O/c21-16-5-2-14(3-6-16)10-25-11-15-4-7-17(13-25)26(12-15)19(28)18-23-20-22-8-1-9-27(20)24-18/h1-3,5-6,8-9,15,17H,4,7,10-13H2/t15-,17+/m0/s1. The third-order valence-corrected chi connectivity index (χ3v) is 5.68. The average Bonchev–Trinajstić information content (AvgIpc) is 2.95. The van der Waals surface area contributed by atoms with Crippen molar-refractivity contribution in [2.24, 2.45) is 5.92 Å². The molecule has 3 fully saturated rings. The van der Waals surface area contributed by atoms with Gasteiger partial charge in [-0.1, -0.05) is 12.1 Å². The molecule has 3 aromatic rings. The first-order chi connectivity index (χ1) is 13.7. The number of hydrogen-bond donors (Lipinski definition) is 0. The number of nitrogens with zero attached hydrogens (tertiary/aromatic N) is 6. The summed E-state index contributed by atoms with van der Waals surface area (Å²) in [5, 5.41) is 4.30. The van der Waals surface area contributed by atoms with Gasteiger partial charge >= 0.3 is 0 Å².